The highest BCUT2D eigenvalue weighted by Crippen LogP contribution is 2.18. The fraction of sp³-hybridized carbons (Fsp3) is 0.400. The van der Waals surface area contributed by atoms with Gasteiger partial charge in [0, 0.05) is 19.4 Å². The van der Waals surface area contributed by atoms with Crippen LogP contribution in [0.25, 0.3) is 5.69 Å². The molecule has 0 unspecified atom stereocenters. The van der Waals surface area contributed by atoms with Crippen LogP contribution in [0.2, 0.25) is 0 Å². The third kappa shape index (κ3) is 2.70. The van der Waals surface area contributed by atoms with Crippen molar-refractivity contribution in [3.63, 3.8) is 0 Å². The molecule has 0 aliphatic carbocycles. The van der Waals surface area contributed by atoms with Gasteiger partial charge in [-0.15, -0.1) is 0 Å². The molecule has 0 saturated carbocycles. The molecule has 0 fully saturated rings. The minimum atomic E-state index is 0.625. The van der Waals surface area contributed by atoms with E-state index in [9.17, 15) is 5.26 Å². The molecule has 0 spiro atoms. The van der Waals surface area contributed by atoms with Gasteiger partial charge in [0.05, 0.1) is 11.3 Å². The second kappa shape index (κ2) is 6.31. The molecule has 0 saturated heterocycles. The smallest absolute Gasteiger partial charge is 0.151 e. The van der Waals surface area contributed by atoms with E-state index >= 15 is 0 Å². The van der Waals surface area contributed by atoms with E-state index in [0.717, 1.165) is 42.3 Å². The van der Waals surface area contributed by atoms with E-state index < -0.39 is 0 Å². The van der Waals surface area contributed by atoms with E-state index in [1.54, 1.807) is 4.68 Å². The lowest BCUT2D eigenvalue weighted by molar-refractivity contribution is 0.784. The molecular weight excluding hydrogens is 250 g/mol. The Morgan fingerprint density at radius 1 is 1.30 bits per heavy atom. The van der Waals surface area contributed by atoms with Crippen LogP contribution >= 0.6 is 0 Å². The lowest BCUT2D eigenvalue weighted by atomic mass is 10.1. The summed E-state index contributed by atoms with van der Waals surface area (Å²) in [4.78, 5) is 4.49. The first-order chi connectivity index (χ1) is 9.73. The van der Waals surface area contributed by atoms with Gasteiger partial charge in [0.2, 0.25) is 0 Å². The van der Waals surface area contributed by atoms with E-state index in [-0.39, 0.29) is 0 Å². The van der Waals surface area contributed by atoms with Gasteiger partial charge in [-0.2, -0.15) is 10.4 Å². The monoisotopic (exact) mass is 269 g/mol. The predicted molar refractivity (Wildman–Crippen MR) is 77.6 cm³/mol. The molecule has 2 rings (SSSR count). The van der Waals surface area contributed by atoms with Gasteiger partial charge in [0.15, 0.2) is 5.82 Å². The van der Waals surface area contributed by atoms with E-state index in [0.29, 0.717) is 5.56 Å². The lowest BCUT2D eigenvalue weighted by Crippen LogP contribution is -2.08. The normalized spacial score (nSPS) is 10.5. The quantitative estimate of drug-likeness (QED) is 0.901. The molecule has 0 aliphatic rings. The van der Waals surface area contributed by atoms with Gasteiger partial charge in [0.1, 0.15) is 11.9 Å². The molecule has 0 amide bonds. The van der Waals surface area contributed by atoms with Crippen LogP contribution in [-0.2, 0) is 19.4 Å². The topological polar surface area (TPSA) is 66.5 Å². The van der Waals surface area contributed by atoms with Crippen molar-refractivity contribution in [2.24, 2.45) is 0 Å². The molecule has 0 aliphatic heterocycles. The van der Waals surface area contributed by atoms with Crippen molar-refractivity contribution in [1.82, 2.24) is 20.1 Å². The highest BCUT2D eigenvalue weighted by Gasteiger charge is 2.13. The minimum absolute atomic E-state index is 0.625. The van der Waals surface area contributed by atoms with Crippen LogP contribution < -0.4 is 5.32 Å². The number of nitriles is 1. The lowest BCUT2D eigenvalue weighted by Gasteiger charge is -2.08. The SMILES string of the molecule is CCc1nc(CC)n(-c2ccc(CNC)cc2C#N)n1. The van der Waals surface area contributed by atoms with Gasteiger partial charge >= 0.3 is 0 Å². The summed E-state index contributed by atoms with van der Waals surface area (Å²) >= 11 is 0. The average molecular weight is 269 g/mol. The largest absolute Gasteiger partial charge is 0.316 e. The van der Waals surface area contributed by atoms with Crippen LogP contribution in [0.5, 0.6) is 0 Å². The fourth-order valence-electron chi connectivity index (χ4n) is 2.13. The molecule has 2 aromatic rings. The van der Waals surface area contributed by atoms with Gasteiger partial charge in [-0.05, 0) is 24.7 Å². The van der Waals surface area contributed by atoms with Gasteiger partial charge in [0.25, 0.3) is 0 Å². The maximum Gasteiger partial charge on any atom is 0.151 e. The number of hydrogen-bond donors (Lipinski definition) is 1. The summed E-state index contributed by atoms with van der Waals surface area (Å²) in [5.41, 5.74) is 2.51. The Morgan fingerprint density at radius 3 is 2.70 bits per heavy atom. The molecule has 0 radical (unpaired) electrons. The first-order valence-electron chi connectivity index (χ1n) is 6.86. The van der Waals surface area contributed by atoms with Crippen LogP contribution in [0.1, 0.15) is 36.6 Å². The number of nitrogens with zero attached hydrogens (tertiary/aromatic N) is 4. The number of benzene rings is 1. The standard InChI is InChI=1S/C15H19N5/c1-4-14-18-15(5-2)20(19-14)13-7-6-11(10-17-3)8-12(13)9-16/h6-8,17H,4-5,10H2,1-3H3. The minimum Gasteiger partial charge on any atom is -0.316 e. The molecule has 5 nitrogen and oxygen atoms in total. The van der Waals surface area contributed by atoms with Crippen molar-refractivity contribution in [3.8, 4) is 11.8 Å². The van der Waals surface area contributed by atoms with Gasteiger partial charge in [-0.3, -0.25) is 0 Å². The van der Waals surface area contributed by atoms with E-state index in [2.05, 4.69) is 21.5 Å². The third-order valence-electron chi connectivity index (χ3n) is 3.14. The van der Waals surface area contributed by atoms with Gasteiger partial charge in [-0.25, -0.2) is 9.67 Å². The summed E-state index contributed by atoms with van der Waals surface area (Å²) in [5.74, 6) is 1.70. The third-order valence-corrected chi connectivity index (χ3v) is 3.14. The van der Waals surface area contributed by atoms with Gasteiger partial charge < -0.3 is 5.32 Å². The molecule has 1 N–H and O–H groups in total. The van der Waals surface area contributed by atoms with Crippen LogP contribution in [0.3, 0.4) is 0 Å². The molecule has 1 heterocycles. The zero-order valence-electron chi connectivity index (χ0n) is 12.1. The Kier molecular flexibility index (Phi) is 4.49. The second-order valence-electron chi connectivity index (χ2n) is 4.56. The van der Waals surface area contributed by atoms with E-state index in [4.69, 9.17) is 0 Å². The Bertz CT molecular complexity index is 636. The van der Waals surface area contributed by atoms with Crippen LogP contribution in [0.4, 0.5) is 0 Å². The molecule has 0 atom stereocenters. The van der Waals surface area contributed by atoms with Crippen molar-refractivity contribution in [2.75, 3.05) is 7.05 Å². The second-order valence-corrected chi connectivity index (χ2v) is 4.56. The number of aromatic nitrogens is 3. The number of rotatable bonds is 5. The van der Waals surface area contributed by atoms with Crippen molar-refractivity contribution < 1.29 is 0 Å². The number of hydrogen-bond acceptors (Lipinski definition) is 4. The summed E-state index contributed by atoms with van der Waals surface area (Å²) in [6.45, 7) is 4.81. The fourth-order valence-corrected chi connectivity index (χ4v) is 2.13. The summed E-state index contributed by atoms with van der Waals surface area (Å²) in [5, 5.41) is 16.9. The zero-order chi connectivity index (χ0) is 14.5. The summed E-state index contributed by atoms with van der Waals surface area (Å²) in [7, 11) is 1.89. The van der Waals surface area contributed by atoms with Crippen molar-refractivity contribution in [3.05, 3.63) is 41.0 Å². The van der Waals surface area contributed by atoms with E-state index in [1.807, 2.05) is 39.1 Å². The Morgan fingerprint density at radius 2 is 2.10 bits per heavy atom. The zero-order valence-corrected chi connectivity index (χ0v) is 12.1. The Hall–Kier alpha value is -2.19. The molecule has 104 valence electrons. The maximum atomic E-state index is 9.37. The van der Waals surface area contributed by atoms with E-state index in [1.165, 1.54) is 0 Å². The van der Waals surface area contributed by atoms with Crippen molar-refractivity contribution in [2.45, 2.75) is 33.2 Å². The summed E-state index contributed by atoms with van der Waals surface area (Å²) < 4.78 is 1.79. The average Bonchev–Trinajstić information content (AvgIpc) is 2.90. The molecular formula is C15H19N5. The highest BCUT2D eigenvalue weighted by molar-refractivity contribution is 5.50. The first kappa shape index (κ1) is 14.2. The highest BCUT2D eigenvalue weighted by atomic mass is 15.3. The molecule has 1 aromatic carbocycles. The molecule has 5 heteroatoms. The van der Waals surface area contributed by atoms with Crippen molar-refractivity contribution >= 4 is 0 Å². The molecule has 1 aromatic heterocycles. The molecule has 0 bridgehead atoms. The van der Waals surface area contributed by atoms with Crippen molar-refractivity contribution in [1.29, 1.82) is 5.26 Å². The number of nitrogens with one attached hydrogen (secondary N) is 1. The van der Waals surface area contributed by atoms with Crippen LogP contribution in [0, 0.1) is 11.3 Å². The number of aryl methyl sites for hydroxylation is 2. The van der Waals surface area contributed by atoms with Gasteiger partial charge in [-0.1, -0.05) is 19.9 Å². The maximum absolute atomic E-state index is 9.37. The van der Waals surface area contributed by atoms with Crippen LogP contribution in [-0.4, -0.2) is 21.8 Å². The first-order valence-corrected chi connectivity index (χ1v) is 6.86. The summed E-state index contributed by atoms with van der Waals surface area (Å²) in [6, 6.07) is 8.11. The van der Waals surface area contributed by atoms with Crippen LogP contribution in [0.15, 0.2) is 18.2 Å². The molecule has 20 heavy (non-hydrogen) atoms. The predicted octanol–water partition coefficient (Wildman–Crippen LogP) is 1.98. The Labute approximate surface area is 119 Å². The summed E-state index contributed by atoms with van der Waals surface area (Å²) in [6.07, 6.45) is 1.58. The Balaban J connectivity index is 2.52.